The van der Waals surface area contributed by atoms with Crippen molar-refractivity contribution in [1.29, 1.82) is 0 Å². The fourth-order valence-electron chi connectivity index (χ4n) is 5.53. The summed E-state index contributed by atoms with van der Waals surface area (Å²) in [5.74, 6) is -0.643. The second-order valence-corrected chi connectivity index (χ2v) is 8.01. The number of carbonyl (C=O) groups excluding carboxylic acids is 2. The molecule has 3 aromatic rings. The predicted molar refractivity (Wildman–Crippen MR) is 112 cm³/mol. The highest BCUT2D eigenvalue weighted by Gasteiger charge is 2.59. The smallest absolute Gasteiger partial charge is 0.321 e. The minimum atomic E-state index is -1.03. The second kappa shape index (κ2) is 6.56. The number of esters is 2. The Morgan fingerprint density at radius 1 is 0.600 bits per heavy atom. The molecule has 0 spiro atoms. The molecule has 0 saturated carbocycles. The Kier molecular flexibility index (Phi) is 4.07. The van der Waals surface area contributed by atoms with Crippen molar-refractivity contribution in [3.63, 3.8) is 0 Å². The standard InChI is InChI=1S/C26H22O4/c1-29-23(27)25-15-17-9-3-4-10-18(17)16-26(24(28)30-2,21-13-7-5-11-19(21)25)22-14-8-6-12-20(22)25/h3-14H,15-16H2,1-2H3. The Labute approximate surface area is 175 Å². The maximum Gasteiger partial charge on any atom is 0.321 e. The third-order valence-electron chi connectivity index (χ3n) is 6.79. The van der Waals surface area contributed by atoms with E-state index in [4.69, 9.17) is 9.47 Å². The highest BCUT2D eigenvalue weighted by molar-refractivity contribution is 5.98. The lowest BCUT2D eigenvalue weighted by atomic mass is 9.52. The van der Waals surface area contributed by atoms with E-state index in [1.807, 2.05) is 72.8 Å². The van der Waals surface area contributed by atoms with E-state index in [2.05, 4.69) is 0 Å². The van der Waals surface area contributed by atoms with Crippen LogP contribution in [0.25, 0.3) is 0 Å². The van der Waals surface area contributed by atoms with Crippen LogP contribution in [-0.4, -0.2) is 26.2 Å². The van der Waals surface area contributed by atoms with Gasteiger partial charge >= 0.3 is 11.9 Å². The van der Waals surface area contributed by atoms with Crippen molar-refractivity contribution in [2.45, 2.75) is 23.7 Å². The summed E-state index contributed by atoms with van der Waals surface area (Å²) < 4.78 is 10.8. The molecule has 0 radical (unpaired) electrons. The lowest BCUT2D eigenvalue weighted by molar-refractivity contribution is -0.149. The van der Waals surface area contributed by atoms with Crippen LogP contribution in [0.5, 0.6) is 0 Å². The molecule has 6 rings (SSSR count). The fourth-order valence-corrected chi connectivity index (χ4v) is 5.53. The van der Waals surface area contributed by atoms with E-state index in [-0.39, 0.29) is 11.9 Å². The van der Waals surface area contributed by atoms with Crippen LogP contribution < -0.4 is 0 Å². The van der Waals surface area contributed by atoms with E-state index in [9.17, 15) is 9.59 Å². The van der Waals surface area contributed by atoms with E-state index in [1.54, 1.807) is 0 Å². The van der Waals surface area contributed by atoms with Crippen LogP contribution in [0.4, 0.5) is 0 Å². The van der Waals surface area contributed by atoms with Crippen LogP contribution in [-0.2, 0) is 42.7 Å². The van der Waals surface area contributed by atoms with Gasteiger partial charge in [-0.15, -0.1) is 0 Å². The van der Waals surface area contributed by atoms with Crippen LogP contribution in [0.3, 0.4) is 0 Å². The average molecular weight is 398 g/mol. The van der Waals surface area contributed by atoms with Gasteiger partial charge in [0, 0.05) is 0 Å². The van der Waals surface area contributed by atoms with Crippen LogP contribution >= 0.6 is 0 Å². The van der Waals surface area contributed by atoms with Crippen molar-refractivity contribution in [3.8, 4) is 0 Å². The van der Waals surface area contributed by atoms with Gasteiger partial charge in [0.1, 0.15) is 10.8 Å². The molecule has 0 saturated heterocycles. The Bertz CT molecular complexity index is 1040. The Hall–Kier alpha value is -3.40. The van der Waals surface area contributed by atoms with Gasteiger partial charge in [-0.3, -0.25) is 9.59 Å². The molecule has 2 bridgehead atoms. The molecule has 0 N–H and O–H groups in total. The van der Waals surface area contributed by atoms with Crippen LogP contribution in [0, 0.1) is 0 Å². The van der Waals surface area contributed by atoms with Crippen molar-refractivity contribution in [3.05, 3.63) is 106 Å². The van der Waals surface area contributed by atoms with Gasteiger partial charge in [0.05, 0.1) is 14.2 Å². The van der Waals surface area contributed by atoms with Gasteiger partial charge in [0.15, 0.2) is 0 Å². The molecule has 4 heteroatoms. The van der Waals surface area contributed by atoms with Gasteiger partial charge < -0.3 is 9.47 Å². The minimum Gasteiger partial charge on any atom is -0.468 e. The molecule has 4 nitrogen and oxygen atoms in total. The summed E-state index contributed by atoms with van der Waals surface area (Å²) in [6.45, 7) is 0. The first kappa shape index (κ1) is 18.6. The molecular weight excluding hydrogens is 376 g/mol. The highest BCUT2D eigenvalue weighted by Crippen LogP contribution is 2.55. The topological polar surface area (TPSA) is 52.6 Å². The first-order valence-corrected chi connectivity index (χ1v) is 10.0. The number of hydrogen-bond acceptors (Lipinski definition) is 4. The normalized spacial score (nSPS) is 23.3. The van der Waals surface area contributed by atoms with Crippen LogP contribution in [0.1, 0.15) is 33.4 Å². The van der Waals surface area contributed by atoms with E-state index in [1.165, 1.54) is 14.2 Å². The summed E-state index contributed by atoms with van der Waals surface area (Å²) in [6.07, 6.45) is 0.947. The molecular formula is C26H22O4. The predicted octanol–water partition coefficient (Wildman–Crippen LogP) is 3.72. The van der Waals surface area contributed by atoms with Crippen molar-refractivity contribution >= 4 is 11.9 Å². The number of rotatable bonds is 2. The summed E-state index contributed by atoms with van der Waals surface area (Å²) in [4.78, 5) is 27.1. The summed E-state index contributed by atoms with van der Waals surface area (Å²) in [7, 11) is 2.85. The van der Waals surface area contributed by atoms with Gasteiger partial charge in [-0.2, -0.15) is 0 Å². The molecule has 0 aromatic heterocycles. The van der Waals surface area contributed by atoms with Gasteiger partial charge in [0.2, 0.25) is 0 Å². The van der Waals surface area contributed by atoms with E-state index in [0.29, 0.717) is 12.8 Å². The van der Waals surface area contributed by atoms with Gasteiger partial charge in [-0.05, 0) is 46.2 Å². The van der Waals surface area contributed by atoms with Gasteiger partial charge in [-0.25, -0.2) is 0 Å². The zero-order valence-corrected chi connectivity index (χ0v) is 17.0. The zero-order chi connectivity index (χ0) is 20.9. The van der Waals surface area contributed by atoms with Gasteiger partial charge in [-0.1, -0.05) is 72.8 Å². The molecule has 0 atom stereocenters. The Morgan fingerprint density at radius 3 is 1.20 bits per heavy atom. The molecule has 0 amide bonds. The number of ether oxygens (including phenoxy) is 2. The zero-order valence-electron chi connectivity index (χ0n) is 17.0. The number of methoxy groups -OCH3 is 2. The lowest BCUT2D eigenvalue weighted by Gasteiger charge is -2.48. The molecule has 0 aliphatic heterocycles. The van der Waals surface area contributed by atoms with Crippen LogP contribution in [0.2, 0.25) is 0 Å². The molecule has 0 unspecified atom stereocenters. The van der Waals surface area contributed by atoms with Crippen molar-refractivity contribution in [1.82, 2.24) is 0 Å². The maximum atomic E-state index is 13.6. The summed E-state index contributed by atoms with van der Waals surface area (Å²) in [6, 6.07) is 23.5. The quantitative estimate of drug-likeness (QED) is 0.618. The number of benzene rings is 3. The Balaban J connectivity index is 2.00. The SMILES string of the molecule is COC(=O)C12Cc3ccccc3CC(C(=O)OC)(c3ccccc31)c1ccccc12. The molecule has 150 valence electrons. The molecule has 0 heterocycles. The summed E-state index contributed by atoms with van der Waals surface area (Å²) >= 11 is 0. The van der Waals surface area contributed by atoms with E-state index >= 15 is 0 Å². The average Bonchev–Trinajstić information content (AvgIpc) is 2.79. The molecule has 0 fully saturated rings. The monoisotopic (exact) mass is 398 g/mol. The second-order valence-electron chi connectivity index (χ2n) is 8.01. The number of carbonyl (C=O) groups is 2. The molecule has 30 heavy (non-hydrogen) atoms. The number of hydrogen-bond donors (Lipinski definition) is 0. The van der Waals surface area contributed by atoms with E-state index in [0.717, 1.165) is 33.4 Å². The third kappa shape index (κ3) is 2.16. The van der Waals surface area contributed by atoms with E-state index < -0.39 is 10.8 Å². The third-order valence-corrected chi connectivity index (χ3v) is 6.79. The highest BCUT2D eigenvalue weighted by atomic mass is 16.5. The Morgan fingerprint density at radius 2 is 0.900 bits per heavy atom. The van der Waals surface area contributed by atoms with Crippen molar-refractivity contribution < 1.29 is 19.1 Å². The first-order valence-electron chi connectivity index (χ1n) is 10.0. The maximum absolute atomic E-state index is 13.6. The molecule has 3 aromatic carbocycles. The minimum absolute atomic E-state index is 0.322. The first-order chi connectivity index (χ1) is 14.6. The summed E-state index contributed by atoms with van der Waals surface area (Å²) in [5.41, 5.74) is 3.28. The van der Waals surface area contributed by atoms with Crippen LogP contribution in [0.15, 0.2) is 72.8 Å². The van der Waals surface area contributed by atoms with Crippen molar-refractivity contribution in [2.24, 2.45) is 0 Å². The van der Waals surface area contributed by atoms with Gasteiger partial charge in [0.25, 0.3) is 0 Å². The molecule has 3 aliphatic rings. The van der Waals surface area contributed by atoms with Crippen molar-refractivity contribution in [2.75, 3.05) is 14.2 Å². The largest absolute Gasteiger partial charge is 0.468 e. The molecule has 3 aliphatic carbocycles. The summed E-state index contributed by atoms with van der Waals surface area (Å²) in [5, 5.41) is 0. The lowest BCUT2D eigenvalue weighted by Crippen LogP contribution is -2.54. The fraction of sp³-hybridized carbons (Fsp3) is 0.231.